The number of anilines is 1. The van der Waals surface area contributed by atoms with E-state index in [9.17, 15) is 17.6 Å². The molecule has 1 N–H and O–H groups in total. The molecule has 7 nitrogen and oxygen atoms in total. The number of halogens is 3. The van der Waals surface area contributed by atoms with Gasteiger partial charge in [-0.1, -0.05) is 23.2 Å². The Labute approximate surface area is 177 Å². The monoisotopic (exact) mass is 462 g/mol. The molecule has 0 aromatic heterocycles. The van der Waals surface area contributed by atoms with E-state index in [0.29, 0.717) is 13.2 Å². The number of hydrogen-bond donors (Lipinski definition) is 1. The highest BCUT2D eigenvalue weighted by Gasteiger charge is 2.27. The highest BCUT2D eigenvalue weighted by atomic mass is 35.5. The first kappa shape index (κ1) is 21.8. The highest BCUT2D eigenvalue weighted by molar-refractivity contribution is 7.89. The van der Waals surface area contributed by atoms with Crippen molar-refractivity contribution in [3.63, 3.8) is 0 Å². The zero-order valence-electron chi connectivity index (χ0n) is 15.0. The van der Waals surface area contributed by atoms with Crippen LogP contribution in [-0.2, 0) is 19.6 Å². The number of morpholine rings is 1. The van der Waals surface area contributed by atoms with Gasteiger partial charge in [0.05, 0.1) is 33.8 Å². The van der Waals surface area contributed by atoms with Crippen LogP contribution in [0.2, 0.25) is 10.0 Å². The minimum Gasteiger partial charge on any atom is -0.484 e. The highest BCUT2D eigenvalue weighted by Crippen LogP contribution is 2.27. The van der Waals surface area contributed by atoms with Gasteiger partial charge in [0.15, 0.2) is 6.61 Å². The van der Waals surface area contributed by atoms with Crippen LogP contribution in [0.3, 0.4) is 0 Å². The Morgan fingerprint density at radius 3 is 2.55 bits per heavy atom. The van der Waals surface area contributed by atoms with Gasteiger partial charge in [-0.2, -0.15) is 4.31 Å². The number of carbonyl (C=O) groups is 1. The van der Waals surface area contributed by atoms with Crippen LogP contribution in [0.1, 0.15) is 0 Å². The Morgan fingerprint density at radius 1 is 1.14 bits per heavy atom. The molecule has 1 aliphatic heterocycles. The Kier molecular flexibility index (Phi) is 6.97. The molecule has 0 spiro atoms. The zero-order chi connectivity index (χ0) is 21.0. The van der Waals surface area contributed by atoms with Crippen molar-refractivity contribution < 1.29 is 27.1 Å². The molecular formula is C18H17Cl2FN2O5S. The summed E-state index contributed by atoms with van der Waals surface area (Å²) in [6.45, 7) is 0.739. The fourth-order valence-electron chi connectivity index (χ4n) is 2.60. The predicted octanol–water partition coefficient (Wildman–Crippen LogP) is 3.17. The zero-order valence-corrected chi connectivity index (χ0v) is 17.4. The van der Waals surface area contributed by atoms with E-state index >= 15 is 0 Å². The lowest BCUT2D eigenvalue weighted by Crippen LogP contribution is -2.40. The molecule has 11 heteroatoms. The van der Waals surface area contributed by atoms with Crippen molar-refractivity contribution >= 4 is 44.8 Å². The smallest absolute Gasteiger partial charge is 0.262 e. The van der Waals surface area contributed by atoms with Crippen molar-refractivity contribution in [2.45, 2.75) is 4.90 Å². The second-order valence-electron chi connectivity index (χ2n) is 6.07. The number of nitrogens with zero attached hydrogens (tertiary/aromatic N) is 1. The van der Waals surface area contributed by atoms with Crippen LogP contribution < -0.4 is 10.1 Å². The number of amides is 1. The molecule has 0 saturated carbocycles. The summed E-state index contributed by atoms with van der Waals surface area (Å²) in [5, 5.41) is 2.55. The fraction of sp³-hybridized carbons (Fsp3) is 0.278. The van der Waals surface area contributed by atoms with Gasteiger partial charge in [0.2, 0.25) is 10.0 Å². The van der Waals surface area contributed by atoms with Crippen LogP contribution in [-0.4, -0.2) is 51.5 Å². The summed E-state index contributed by atoms with van der Waals surface area (Å²) in [6, 6.07) is 7.75. The lowest BCUT2D eigenvalue weighted by Gasteiger charge is -2.26. The lowest BCUT2D eigenvalue weighted by atomic mass is 10.3. The van der Waals surface area contributed by atoms with Crippen molar-refractivity contribution in [1.29, 1.82) is 0 Å². The number of sulfonamides is 1. The maximum absolute atomic E-state index is 13.2. The third-order valence-corrected chi connectivity index (χ3v) is 6.59. The molecule has 2 aromatic carbocycles. The predicted molar refractivity (Wildman–Crippen MR) is 107 cm³/mol. The molecule has 0 bridgehead atoms. The van der Waals surface area contributed by atoms with Crippen LogP contribution >= 0.6 is 23.2 Å². The molecule has 3 rings (SSSR count). The molecule has 29 heavy (non-hydrogen) atoms. The molecule has 1 aliphatic rings. The summed E-state index contributed by atoms with van der Waals surface area (Å²) in [6.07, 6.45) is 0. The normalized spacial score (nSPS) is 15.1. The molecule has 0 unspecified atom stereocenters. The van der Waals surface area contributed by atoms with Gasteiger partial charge in [-0.3, -0.25) is 4.79 Å². The standard InChI is InChI=1S/C18H17Cl2FN2O5S/c19-14-3-2-13(29(25,26)23-5-7-27-8-6-23)10-17(14)22-18(24)11-28-12-1-4-16(21)15(20)9-12/h1-4,9-10H,5-8,11H2,(H,22,24). The van der Waals surface area contributed by atoms with Crippen molar-refractivity contribution in [2.24, 2.45) is 0 Å². The number of nitrogens with one attached hydrogen (secondary N) is 1. The van der Waals surface area contributed by atoms with E-state index in [-0.39, 0.29) is 39.5 Å². The molecule has 1 saturated heterocycles. The maximum atomic E-state index is 13.2. The Hall–Kier alpha value is -1.91. The van der Waals surface area contributed by atoms with Crippen LogP contribution in [0.15, 0.2) is 41.3 Å². The van der Waals surface area contributed by atoms with E-state index in [2.05, 4.69) is 5.32 Å². The van der Waals surface area contributed by atoms with E-state index in [1.54, 1.807) is 0 Å². The molecule has 1 fully saturated rings. The van der Waals surface area contributed by atoms with Gasteiger partial charge < -0.3 is 14.8 Å². The molecule has 1 amide bonds. The topological polar surface area (TPSA) is 84.9 Å². The number of benzene rings is 2. The minimum atomic E-state index is -3.74. The second-order valence-corrected chi connectivity index (χ2v) is 8.82. The van der Waals surface area contributed by atoms with Crippen molar-refractivity contribution in [1.82, 2.24) is 4.31 Å². The average molecular weight is 463 g/mol. The minimum absolute atomic E-state index is 0.00494. The first-order chi connectivity index (χ1) is 13.8. The van der Waals surface area contributed by atoms with Crippen molar-refractivity contribution in [3.8, 4) is 5.75 Å². The van der Waals surface area contributed by atoms with Crippen molar-refractivity contribution in [2.75, 3.05) is 38.2 Å². The van der Waals surface area contributed by atoms with Gasteiger partial charge >= 0.3 is 0 Å². The van der Waals surface area contributed by atoms with E-state index in [4.69, 9.17) is 32.7 Å². The summed E-state index contributed by atoms with van der Waals surface area (Å²) < 4.78 is 50.4. The van der Waals surface area contributed by atoms with E-state index in [0.717, 1.165) is 6.07 Å². The van der Waals surface area contributed by atoms with Gasteiger partial charge in [0.25, 0.3) is 5.91 Å². The molecule has 0 atom stereocenters. The third-order valence-electron chi connectivity index (χ3n) is 4.08. The first-order valence-electron chi connectivity index (χ1n) is 8.52. The van der Waals surface area contributed by atoms with E-state index < -0.39 is 28.4 Å². The number of carbonyl (C=O) groups excluding carboxylic acids is 1. The third kappa shape index (κ3) is 5.37. The molecule has 0 aliphatic carbocycles. The van der Waals surface area contributed by atoms with Gasteiger partial charge in [-0.05, 0) is 30.3 Å². The second kappa shape index (κ2) is 9.27. The molecule has 1 heterocycles. The SMILES string of the molecule is O=C(COc1ccc(F)c(Cl)c1)Nc1cc(S(=O)(=O)N2CCOCC2)ccc1Cl. The molecule has 2 aromatic rings. The first-order valence-corrected chi connectivity index (χ1v) is 10.7. The summed E-state index contributed by atoms with van der Waals surface area (Å²) >= 11 is 11.8. The molecule has 0 radical (unpaired) electrons. The van der Waals surface area contributed by atoms with Crippen LogP contribution in [0.25, 0.3) is 0 Å². The molecule has 156 valence electrons. The summed E-state index contributed by atoms with van der Waals surface area (Å²) in [5.41, 5.74) is 0.131. The lowest BCUT2D eigenvalue weighted by molar-refractivity contribution is -0.118. The quantitative estimate of drug-likeness (QED) is 0.712. The van der Waals surface area contributed by atoms with Crippen molar-refractivity contribution in [3.05, 3.63) is 52.3 Å². The number of ether oxygens (including phenoxy) is 2. The summed E-state index contributed by atoms with van der Waals surface area (Å²) in [7, 11) is -3.74. The van der Waals surface area contributed by atoms with Crippen LogP contribution in [0, 0.1) is 5.82 Å². The largest absolute Gasteiger partial charge is 0.484 e. The number of hydrogen-bond acceptors (Lipinski definition) is 5. The maximum Gasteiger partial charge on any atom is 0.262 e. The summed E-state index contributed by atoms with van der Waals surface area (Å²) in [4.78, 5) is 12.2. The Balaban J connectivity index is 1.69. The van der Waals surface area contributed by atoms with Gasteiger partial charge in [-0.15, -0.1) is 0 Å². The number of rotatable bonds is 6. The Morgan fingerprint density at radius 2 is 1.86 bits per heavy atom. The van der Waals surface area contributed by atoms with Gasteiger partial charge in [0.1, 0.15) is 11.6 Å². The molecular weight excluding hydrogens is 446 g/mol. The average Bonchev–Trinajstić information content (AvgIpc) is 2.71. The Bertz CT molecular complexity index is 1010. The summed E-state index contributed by atoms with van der Waals surface area (Å²) in [5.74, 6) is -0.969. The van der Waals surface area contributed by atoms with E-state index in [1.807, 2.05) is 0 Å². The van der Waals surface area contributed by atoms with Crippen LogP contribution in [0.5, 0.6) is 5.75 Å². The van der Waals surface area contributed by atoms with Gasteiger partial charge in [-0.25, -0.2) is 12.8 Å². The fourth-order valence-corrected chi connectivity index (χ4v) is 4.37. The van der Waals surface area contributed by atoms with Crippen LogP contribution in [0.4, 0.5) is 10.1 Å². The van der Waals surface area contributed by atoms with E-state index in [1.165, 1.54) is 34.6 Å². The van der Waals surface area contributed by atoms with Gasteiger partial charge in [0, 0.05) is 19.2 Å².